The molecule has 0 radical (unpaired) electrons. The zero-order valence-corrected chi connectivity index (χ0v) is 41.6. The summed E-state index contributed by atoms with van der Waals surface area (Å²) in [6, 6.07) is -0.856. The molecule has 0 heterocycles. The predicted molar refractivity (Wildman–Crippen MR) is 263 cm³/mol. The first-order chi connectivity index (χ1) is 29.9. The lowest BCUT2D eigenvalue weighted by Crippen LogP contribution is -2.45. The lowest BCUT2D eigenvalue weighted by molar-refractivity contribution is -0.123. The Balaban J connectivity index is 3.99. The predicted octanol–water partition coefficient (Wildman–Crippen LogP) is 15.9. The second-order valence-electron chi connectivity index (χ2n) is 18.5. The maximum Gasteiger partial charge on any atom is 0.472 e. The Labute approximate surface area is 379 Å². The van der Waals surface area contributed by atoms with Crippen molar-refractivity contribution in [2.45, 2.75) is 296 Å². The molecule has 0 aliphatic carbocycles. The first kappa shape index (κ1) is 60.2. The molecule has 8 nitrogen and oxygen atoms in total. The quantitative estimate of drug-likeness (QED) is 0.0272. The van der Waals surface area contributed by atoms with Crippen LogP contribution in [0.4, 0.5) is 0 Å². The second-order valence-corrected chi connectivity index (χ2v) is 19.9. The minimum atomic E-state index is -4.34. The average Bonchev–Trinajstić information content (AvgIpc) is 3.25. The van der Waals surface area contributed by atoms with E-state index in [1.807, 2.05) is 6.08 Å². The Morgan fingerprint density at radius 2 is 0.836 bits per heavy atom. The third-order valence-electron chi connectivity index (χ3n) is 12.4. The van der Waals surface area contributed by atoms with Crippen LogP contribution in [0.5, 0.6) is 0 Å². The van der Waals surface area contributed by atoms with Crippen LogP contribution in [0.3, 0.4) is 0 Å². The summed E-state index contributed by atoms with van der Waals surface area (Å²) in [7, 11) is -4.34. The number of nitrogens with one attached hydrogen (secondary N) is 1. The van der Waals surface area contributed by atoms with Crippen molar-refractivity contribution in [2.24, 2.45) is 5.73 Å². The molecule has 9 heteroatoms. The SMILES string of the molecule is CCCCCCCCCCCCCCCCC/C=C/[C@@H](O)[C@H](COP(=O)(O)OCCN)NC(=O)CCCCCCCCCCCCCCCCCCCCCCCCCCC. The number of phosphoric acid groups is 1. The number of aliphatic hydroxyl groups is 1. The van der Waals surface area contributed by atoms with Gasteiger partial charge in [-0.2, -0.15) is 0 Å². The van der Waals surface area contributed by atoms with Gasteiger partial charge in [0, 0.05) is 13.0 Å². The largest absolute Gasteiger partial charge is 0.472 e. The minimum Gasteiger partial charge on any atom is -0.387 e. The number of carbonyl (C=O) groups excluding carboxylic acids is 1. The molecule has 0 aromatic carbocycles. The summed E-state index contributed by atoms with van der Waals surface area (Å²) in [5, 5.41) is 13.8. The highest BCUT2D eigenvalue weighted by Gasteiger charge is 2.26. The van der Waals surface area contributed by atoms with E-state index < -0.39 is 20.0 Å². The van der Waals surface area contributed by atoms with Gasteiger partial charge in [0.05, 0.1) is 25.4 Å². The van der Waals surface area contributed by atoms with Crippen molar-refractivity contribution in [3.63, 3.8) is 0 Å². The molecule has 0 aromatic heterocycles. The van der Waals surface area contributed by atoms with E-state index >= 15 is 0 Å². The number of phosphoric ester groups is 1. The third kappa shape index (κ3) is 47.0. The highest BCUT2D eigenvalue weighted by Crippen LogP contribution is 2.43. The van der Waals surface area contributed by atoms with Gasteiger partial charge in [0.15, 0.2) is 0 Å². The van der Waals surface area contributed by atoms with Gasteiger partial charge in [0.25, 0.3) is 0 Å². The molecule has 1 amide bonds. The van der Waals surface area contributed by atoms with E-state index in [4.69, 9.17) is 14.8 Å². The summed E-state index contributed by atoms with van der Waals surface area (Å²) in [6.45, 7) is 4.19. The Kier molecular flexibility index (Phi) is 48.1. The van der Waals surface area contributed by atoms with Gasteiger partial charge in [0.1, 0.15) is 0 Å². The second kappa shape index (κ2) is 48.7. The lowest BCUT2D eigenvalue weighted by Gasteiger charge is -2.23. The fraction of sp³-hybridized carbons (Fsp3) is 0.942. The molecule has 0 fully saturated rings. The van der Waals surface area contributed by atoms with E-state index in [0.29, 0.717) is 6.42 Å². The Hall–Kier alpha value is -0.760. The van der Waals surface area contributed by atoms with E-state index in [9.17, 15) is 19.4 Å². The van der Waals surface area contributed by atoms with Crippen LogP contribution in [0.1, 0.15) is 284 Å². The number of carbonyl (C=O) groups is 1. The van der Waals surface area contributed by atoms with Crippen LogP contribution in [-0.4, -0.2) is 47.8 Å². The van der Waals surface area contributed by atoms with Crippen molar-refractivity contribution < 1.29 is 28.4 Å². The maximum absolute atomic E-state index is 12.8. The Morgan fingerprint density at radius 1 is 0.525 bits per heavy atom. The average molecular weight is 885 g/mol. The number of hydrogen-bond acceptors (Lipinski definition) is 6. The first-order valence-corrected chi connectivity index (χ1v) is 28.3. The molecule has 0 aliphatic rings. The molecule has 364 valence electrons. The smallest absolute Gasteiger partial charge is 0.387 e. The van der Waals surface area contributed by atoms with Crippen LogP contribution >= 0.6 is 7.82 Å². The van der Waals surface area contributed by atoms with E-state index in [2.05, 4.69) is 19.2 Å². The third-order valence-corrected chi connectivity index (χ3v) is 13.3. The zero-order valence-electron chi connectivity index (χ0n) is 40.7. The fourth-order valence-electron chi connectivity index (χ4n) is 8.31. The number of nitrogens with two attached hydrogens (primary N) is 1. The van der Waals surface area contributed by atoms with Crippen molar-refractivity contribution in [1.82, 2.24) is 5.32 Å². The first-order valence-electron chi connectivity index (χ1n) is 26.8. The van der Waals surface area contributed by atoms with Gasteiger partial charge in [-0.3, -0.25) is 13.8 Å². The molecule has 0 bridgehead atoms. The number of amides is 1. The van der Waals surface area contributed by atoms with Crippen LogP contribution in [0.15, 0.2) is 12.2 Å². The molecular weight excluding hydrogens is 780 g/mol. The molecule has 1 unspecified atom stereocenters. The van der Waals surface area contributed by atoms with Crippen molar-refractivity contribution in [1.29, 1.82) is 0 Å². The summed E-state index contributed by atoms with van der Waals surface area (Å²) in [5.74, 6) is -0.187. The number of hydrogen-bond donors (Lipinski definition) is 4. The molecule has 5 N–H and O–H groups in total. The van der Waals surface area contributed by atoms with E-state index in [-0.39, 0.29) is 25.7 Å². The van der Waals surface area contributed by atoms with Crippen molar-refractivity contribution in [3.05, 3.63) is 12.2 Å². The summed E-state index contributed by atoms with van der Waals surface area (Å²) >= 11 is 0. The van der Waals surface area contributed by atoms with Crippen LogP contribution in [-0.2, 0) is 18.4 Å². The van der Waals surface area contributed by atoms with Crippen LogP contribution in [0.25, 0.3) is 0 Å². The van der Waals surface area contributed by atoms with E-state index in [1.54, 1.807) is 6.08 Å². The minimum absolute atomic E-state index is 0.0817. The number of aliphatic hydroxyl groups excluding tert-OH is 1. The van der Waals surface area contributed by atoms with Crippen LogP contribution in [0, 0.1) is 0 Å². The molecule has 0 aromatic rings. The van der Waals surface area contributed by atoms with Crippen molar-refractivity contribution in [3.8, 4) is 0 Å². The monoisotopic (exact) mass is 885 g/mol. The lowest BCUT2D eigenvalue weighted by atomic mass is 10.0. The zero-order chi connectivity index (χ0) is 44.6. The number of rotatable bonds is 51. The fourth-order valence-corrected chi connectivity index (χ4v) is 9.07. The van der Waals surface area contributed by atoms with Gasteiger partial charge in [0.2, 0.25) is 5.91 Å². The van der Waals surface area contributed by atoms with E-state index in [0.717, 1.165) is 38.5 Å². The highest BCUT2D eigenvalue weighted by atomic mass is 31.2. The van der Waals surface area contributed by atoms with Crippen molar-refractivity contribution >= 4 is 13.7 Å². The topological polar surface area (TPSA) is 131 Å². The van der Waals surface area contributed by atoms with Gasteiger partial charge in [-0.15, -0.1) is 0 Å². The van der Waals surface area contributed by atoms with Gasteiger partial charge < -0.3 is 21.1 Å². The van der Waals surface area contributed by atoms with Gasteiger partial charge >= 0.3 is 7.82 Å². The maximum atomic E-state index is 12.8. The molecule has 61 heavy (non-hydrogen) atoms. The van der Waals surface area contributed by atoms with E-state index in [1.165, 1.54) is 225 Å². The molecule has 0 spiro atoms. The van der Waals surface area contributed by atoms with Gasteiger partial charge in [-0.1, -0.05) is 270 Å². The summed E-state index contributed by atoms with van der Waals surface area (Å²) < 4.78 is 22.2. The number of unbranched alkanes of at least 4 members (excludes halogenated alkanes) is 39. The molecule has 0 rings (SSSR count). The normalized spacial score (nSPS) is 13.9. The molecular formula is C52H105N2O6P. The Morgan fingerprint density at radius 3 is 1.16 bits per heavy atom. The molecule has 0 aliphatic heterocycles. The summed E-state index contributed by atoms with van der Waals surface area (Å²) in [4.78, 5) is 22.8. The highest BCUT2D eigenvalue weighted by molar-refractivity contribution is 7.47. The van der Waals surface area contributed by atoms with Crippen molar-refractivity contribution in [2.75, 3.05) is 19.8 Å². The Bertz CT molecular complexity index is 968. The summed E-state index contributed by atoms with van der Waals surface area (Å²) in [5.41, 5.74) is 5.40. The van der Waals surface area contributed by atoms with Crippen LogP contribution < -0.4 is 11.1 Å². The molecule has 0 saturated heterocycles. The molecule has 3 atom stereocenters. The standard InChI is InChI=1S/C52H105N2O6P/c1-3-5-7-9-11-13-15-17-19-21-22-23-24-25-26-27-28-30-32-34-36-38-40-42-44-46-52(56)54-50(49-60-61(57,58)59-48-47-53)51(55)45-43-41-39-37-35-33-31-29-20-18-16-14-12-10-8-6-4-2/h43,45,50-51,55H,3-42,44,46-49,53H2,1-2H3,(H,54,56)(H,57,58)/b45-43+/t50-,51+/m0/s1. The number of allylic oxidation sites excluding steroid dienone is 1. The summed E-state index contributed by atoms with van der Waals surface area (Å²) in [6.07, 6.45) is 57.1. The van der Waals surface area contributed by atoms with Gasteiger partial charge in [-0.05, 0) is 19.3 Å². The molecule has 0 saturated carbocycles. The van der Waals surface area contributed by atoms with Crippen LogP contribution in [0.2, 0.25) is 0 Å². The van der Waals surface area contributed by atoms with Gasteiger partial charge in [-0.25, -0.2) is 4.57 Å².